The number of nitrogens with two attached hydrogens (primary N) is 1. The van der Waals surface area contributed by atoms with E-state index in [1.165, 1.54) is 25.4 Å². The minimum atomic E-state index is -1.58. The highest BCUT2D eigenvalue weighted by Crippen LogP contribution is 2.48. The van der Waals surface area contributed by atoms with Crippen LogP contribution in [0.1, 0.15) is 99.1 Å². The maximum absolute atomic E-state index is 14.8. The predicted octanol–water partition coefficient (Wildman–Crippen LogP) is 4.51. The van der Waals surface area contributed by atoms with Crippen molar-refractivity contribution in [3.05, 3.63) is 29.4 Å². The van der Waals surface area contributed by atoms with E-state index in [0.717, 1.165) is 0 Å². The third-order valence-corrected chi connectivity index (χ3v) is 14.0. The van der Waals surface area contributed by atoms with Crippen LogP contribution in [0, 0.1) is 35.5 Å². The Hall–Kier alpha value is -3.94. The number of hydrogen-bond donors (Lipinski definition) is 2. The molecule has 18 heteroatoms. The summed E-state index contributed by atoms with van der Waals surface area (Å²) in [5.74, 6) is -8.86. The summed E-state index contributed by atoms with van der Waals surface area (Å²) in [5, 5.41) is 25.4. The maximum Gasteiger partial charge on any atom is 0.317 e. The number of amidine groups is 1. The Labute approximate surface area is 362 Å². The number of esters is 2. The number of likely N-dealkylation sites (N-methyl/N-ethyl adjacent to an activating group) is 1. The molecule has 1 unspecified atom stereocenters. The number of aliphatic hydroxyl groups excluding tert-OH is 1. The SMILES string of the molecule is CC[C@@H]1OC(=O)[C@H](C)C(=O)[C@H](C)[C@@H](OC2O[C@H](C)C[C@H](N(C)C)[C@H]2O)[C@](C)(OC)C[C@@H](C)C(=O)[C@H](C)[C@H]2[C@H](/C(N)=N/O[C@H](CC)c3nnc(-c4ccccn4)s3)C(=O)O[C@@]21C. The number of pyridine rings is 1. The Kier molecular flexibility index (Phi) is 15.5. The molecule has 3 aliphatic heterocycles. The molecule has 0 bridgehead atoms. The Morgan fingerprint density at radius 2 is 1.75 bits per heavy atom. The summed E-state index contributed by atoms with van der Waals surface area (Å²) in [7, 11) is 5.17. The first kappa shape index (κ1) is 48.1. The van der Waals surface area contributed by atoms with Crippen molar-refractivity contribution in [2.24, 2.45) is 46.4 Å². The van der Waals surface area contributed by atoms with Gasteiger partial charge >= 0.3 is 11.9 Å². The topological polar surface area (TPSA) is 224 Å². The molecular formula is C43H64N6O11S. The number of rotatable bonds is 11. The van der Waals surface area contributed by atoms with Gasteiger partial charge in [-0.2, -0.15) is 0 Å². The van der Waals surface area contributed by atoms with E-state index in [9.17, 15) is 24.3 Å². The van der Waals surface area contributed by atoms with Gasteiger partial charge in [-0.15, -0.1) is 10.2 Å². The zero-order valence-electron chi connectivity index (χ0n) is 37.4. The molecule has 0 spiro atoms. The van der Waals surface area contributed by atoms with Crippen LogP contribution < -0.4 is 5.73 Å². The van der Waals surface area contributed by atoms with Crippen LogP contribution in [0.4, 0.5) is 0 Å². The third kappa shape index (κ3) is 9.84. The van der Waals surface area contributed by atoms with Gasteiger partial charge in [-0.1, -0.05) is 57.2 Å². The molecule has 0 saturated carbocycles. The number of methoxy groups -OCH3 is 1. The van der Waals surface area contributed by atoms with E-state index in [0.29, 0.717) is 28.6 Å². The molecule has 17 nitrogen and oxygen atoms in total. The molecule has 15 atom stereocenters. The summed E-state index contributed by atoms with van der Waals surface area (Å²) in [6, 6.07) is 5.16. The molecule has 2 aromatic heterocycles. The second-order valence-electron chi connectivity index (χ2n) is 17.5. The molecule has 0 aliphatic carbocycles. The van der Waals surface area contributed by atoms with E-state index < -0.39 is 95.1 Å². The molecule has 3 N–H and O–H groups in total. The van der Waals surface area contributed by atoms with Crippen LogP contribution in [-0.2, 0) is 47.7 Å². The standard InChI is InChI=1S/C43H64N6O11S/c1-13-28(38-47-46-37(61-38)26-17-15-16-18-45-26)60-48-36(44)30-31-23(5)32(50)21(3)20-42(8,55-12)35(58-41-34(52)27(49(10)11)19-22(4)56-41)24(6)33(51)25(7)39(53)57-29(14-2)43(31,9)59-40(30)54/h15-18,21-25,27-31,34-35,41,52H,13-14,19-20H2,1-12H3,(H2,44,48)/t21-,22-,23-,24+,25-,27+,28-,29+,30-,31+,34-,35-,41?,42-,43-/m1/s1. The maximum atomic E-state index is 14.8. The summed E-state index contributed by atoms with van der Waals surface area (Å²) in [6.45, 7) is 15.4. The number of aliphatic hydroxyl groups is 1. The first-order valence-electron chi connectivity index (χ1n) is 21.2. The summed E-state index contributed by atoms with van der Waals surface area (Å²) >= 11 is 1.29. The summed E-state index contributed by atoms with van der Waals surface area (Å²) in [6.07, 6.45) is -2.54. The minimum Gasteiger partial charge on any atom is -0.458 e. The van der Waals surface area contributed by atoms with E-state index >= 15 is 0 Å². The lowest BCUT2D eigenvalue weighted by Gasteiger charge is -2.47. The molecule has 61 heavy (non-hydrogen) atoms. The number of cyclic esters (lactones) is 1. The minimum absolute atomic E-state index is 0.0522. The first-order valence-corrected chi connectivity index (χ1v) is 22.0. The van der Waals surface area contributed by atoms with Crippen molar-refractivity contribution >= 4 is 40.7 Å². The van der Waals surface area contributed by atoms with E-state index in [1.807, 2.05) is 45.0 Å². The number of fused-ring (bicyclic) bond motifs is 1. The van der Waals surface area contributed by atoms with Gasteiger partial charge in [-0.3, -0.25) is 24.2 Å². The van der Waals surface area contributed by atoms with Crippen molar-refractivity contribution in [3.8, 4) is 10.7 Å². The normalized spacial score (nSPS) is 37.4. The van der Waals surface area contributed by atoms with Crippen LogP contribution in [-0.4, -0.2) is 124 Å². The van der Waals surface area contributed by atoms with Gasteiger partial charge in [0, 0.05) is 43.0 Å². The van der Waals surface area contributed by atoms with Crippen LogP contribution in [0.15, 0.2) is 29.6 Å². The van der Waals surface area contributed by atoms with Gasteiger partial charge in [0.05, 0.1) is 17.8 Å². The second-order valence-corrected chi connectivity index (χ2v) is 18.5. The van der Waals surface area contributed by atoms with Gasteiger partial charge in [0.1, 0.15) is 35.5 Å². The number of oxime groups is 1. The van der Waals surface area contributed by atoms with Crippen molar-refractivity contribution in [2.45, 2.75) is 142 Å². The van der Waals surface area contributed by atoms with E-state index in [4.69, 9.17) is 34.3 Å². The molecular weight excluding hydrogens is 809 g/mol. The summed E-state index contributed by atoms with van der Waals surface area (Å²) < 4.78 is 31.1. The average molecular weight is 873 g/mol. The molecule has 3 saturated heterocycles. The number of ether oxygens (including phenoxy) is 5. The Morgan fingerprint density at radius 1 is 1.05 bits per heavy atom. The number of hydrogen-bond acceptors (Lipinski definition) is 17. The summed E-state index contributed by atoms with van der Waals surface area (Å²) in [5.41, 5.74) is 4.39. The lowest BCUT2D eigenvalue weighted by atomic mass is 9.67. The summed E-state index contributed by atoms with van der Waals surface area (Å²) in [4.78, 5) is 69.5. The highest BCUT2D eigenvalue weighted by molar-refractivity contribution is 7.14. The molecule has 0 aromatic carbocycles. The predicted molar refractivity (Wildman–Crippen MR) is 225 cm³/mol. The Morgan fingerprint density at radius 3 is 2.36 bits per heavy atom. The Bertz CT molecular complexity index is 1900. The number of aromatic nitrogens is 3. The van der Waals surface area contributed by atoms with Crippen LogP contribution >= 0.6 is 11.3 Å². The van der Waals surface area contributed by atoms with E-state index in [2.05, 4.69) is 20.3 Å². The number of ketones is 2. The van der Waals surface area contributed by atoms with Gasteiger partial charge in [0.25, 0.3) is 0 Å². The van der Waals surface area contributed by atoms with Gasteiger partial charge in [0.2, 0.25) is 0 Å². The quantitative estimate of drug-likeness (QED) is 0.104. The van der Waals surface area contributed by atoms with Crippen LogP contribution in [0.5, 0.6) is 0 Å². The highest BCUT2D eigenvalue weighted by atomic mass is 32.1. The lowest BCUT2D eigenvalue weighted by molar-refractivity contribution is -0.295. The van der Waals surface area contributed by atoms with Crippen molar-refractivity contribution < 1.29 is 52.8 Å². The van der Waals surface area contributed by atoms with Crippen molar-refractivity contribution in [1.82, 2.24) is 20.1 Å². The number of carbonyl (C=O) groups excluding carboxylic acids is 4. The molecule has 5 rings (SSSR count). The van der Waals surface area contributed by atoms with Gasteiger partial charge < -0.3 is 44.3 Å². The lowest BCUT2D eigenvalue weighted by Crippen LogP contribution is -2.59. The molecule has 0 amide bonds. The van der Waals surface area contributed by atoms with Crippen LogP contribution in [0.2, 0.25) is 0 Å². The average Bonchev–Trinajstić information content (AvgIpc) is 3.83. The number of Topliss-reactive ketones (excluding diaryl/α,β-unsaturated/α-hetero) is 2. The molecule has 0 radical (unpaired) electrons. The first-order chi connectivity index (χ1) is 28.7. The van der Waals surface area contributed by atoms with E-state index in [-0.39, 0.29) is 36.6 Å². The second kappa shape index (κ2) is 19.6. The number of nitrogens with zero attached hydrogens (tertiary/aromatic N) is 5. The smallest absolute Gasteiger partial charge is 0.317 e. The zero-order valence-corrected chi connectivity index (χ0v) is 38.2. The van der Waals surface area contributed by atoms with Gasteiger partial charge in [0.15, 0.2) is 39.6 Å². The van der Waals surface area contributed by atoms with E-state index in [1.54, 1.807) is 53.8 Å². The van der Waals surface area contributed by atoms with Crippen LogP contribution in [0.3, 0.4) is 0 Å². The number of carbonyl (C=O) groups is 4. The van der Waals surface area contributed by atoms with Gasteiger partial charge in [-0.05, 0) is 79.6 Å². The molecule has 3 fully saturated rings. The molecule has 5 heterocycles. The zero-order chi connectivity index (χ0) is 45.1. The third-order valence-electron chi connectivity index (χ3n) is 12.9. The van der Waals surface area contributed by atoms with Crippen molar-refractivity contribution in [3.63, 3.8) is 0 Å². The molecule has 2 aromatic rings. The van der Waals surface area contributed by atoms with Crippen LogP contribution in [0.25, 0.3) is 10.7 Å². The van der Waals surface area contributed by atoms with Crippen molar-refractivity contribution in [2.75, 3.05) is 21.2 Å². The molecule has 3 aliphatic rings. The van der Waals surface area contributed by atoms with Crippen molar-refractivity contribution in [1.29, 1.82) is 0 Å². The fourth-order valence-corrected chi connectivity index (χ4v) is 10.3. The fourth-order valence-electron chi connectivity index (χ4n) is 9.38. The monoisotopic (exact) mass is 872 g/mol. The largest absolute Gasteiger partial charge is 0.458 e. The Balaban J connectivity index is 1.52. The highest BCUT2D eigenvalue weighted by Gasteiger charge is 2.63. The van der Waals surface area contributed by atoms with Gasteiger partial charge in [-0.25, -0.2) is 0 Å². The molecule has 338 valence electrons. The fraction of sp³-hybridized carbons (Fsp3) is 0.721.